The molecular weight excluding hydrogens is 562 g/mol. The fourth-order valence-corrected chi connectivity index (χ4v) is 5.26. The van der Waals surface area contributed by atoms with Crippen molar-refractivity contribution in [3.8, 4) is 33.8 Å². The summed E-state index contributed by atoms with van der Waals surface area (Å²) in [5.74, 6) is -0.538. The van der Waals surface area contributed by atoms with Crippen LogP contribution in [0, 0.1) is 11.6 Å². The van der Waals surface area contributed by atoms with Crippen LogP contribution in [-0.2, 0) is 23.1 Å². The number of imidazole rings is 1. The fraction of sp³-hybridized carbons (Fsp3) is 0.172. The first kappa shape index (κ1) is 27.6. The van der Waals surface area contributed by atoms with Gasteiger partial charge in [0.05, 0.1) is 17.3 Å². The van der Waals surface area contributed by atoms with Gasteiger partial charge in [-0.2, -0.15) is 5.10 Å². The molecule has 0 unspecified atom stereocenters. The van der Waals surface area contributed by atoms with Gasteiger partial charge in [0.1, 0.15) is 17.3 Å². The lowest BCUT2D eigenvalue weighted by Gasteiger charge is -2.08. The van der Waals surface area contributed by atoms with E-state index < -0.39 is 21.7 Å². The van der Waals surface area contributed by atoms with Crippen LogP contribution in [0.5, 0.6) is 0 Å². The average molecular weight is 589 g/mol. The normalized spacial score (nSPS) is 12.0. The predicted molar refractivity (Wildman–Crippen MR) is 157 cm³/mol. The van der Waals surface area contributed by atoms with E-state index in [0.717, 1.165) is 18.4 Å². The second-order valence-electron chi connectivity index (χ2n) is 9.90. The molecule has 0 bridgehead atoms. The molecule has 6 aromatic rings. The summed E-state index contributed by atoms with van der Waals surface area (Å²) in [6, 6.07) is 11.1. The van der Waals surface area contributed by atoms with Crippen LogP contribution in [0.2, 0.25) is 0 Å². The summed E-state index contributed by atoms with van der Waals surface area (Å²) in [4.78, 5) is 16.5. The van der Waals surface area contributed by atoms with Crippen molar-refractivity contribution in [1.82, 2.24) is 40.2 Å². The van der Waals surface area contributed by atoms with Crippen LogP contribution in [0.3, 0.4) is 0 Å². The molecule has 0 fully saturated rings. The number of aromatic nitrogens is 6. The van der Waals surface area contributed by atoms with Crippen molar-refractivity contribution in [2.24, 2.45) is 0 Å². The third kappa shape index (κ3) is 5.62. The zero-order chi connectivity index (χ0) is 29.4. The van der Waals surface area contributed by atoms with E-state index in [1.165, 1.54) is 18.2 Å². The lowest BCUT2D eigenvalue weighted by molar-refractivity contribution is 0.586. The molecular formula is C29H26F2N8O2S. The predicted octanol–water partition coefficient (Wildman–Crippen LogP) is 4.67. The van der Waals surface area contributed by atoms with Crippen LogP contribution < -0.4 is 10.0 Å². The standard InChI is InChI=1S/C29H26F2N8O2S/c1-3-32-12-17-7-19(15-33-13-17)22-10-23-25(11-24(22)31)38-39-27(23)29-36-26-21(4-5-34-28(26)37-29)18-6-16(8-20(30)9-18)14-35-42(2,40)41/h4-11,13,15,32,35H,3,12,14H2,1-2H3,(H,38,39)(H,34,36,37). The molecule has 10 nitrogen and oxygen atoms in total. The van der Waals surface area contributed by atoms with Crippen LogP contribution in [0.1, 0.15) is 18.1 Å². The lowest BCUT2D eigenvalue weighted by Crippen LogP contribution is -2.21. The summed E-state index contributed by atoms with van der Waals surface area (Å²) in [5, 5.41) is 11.2. The maximum Gasteiger partial charge on any atom is 0.209 e. The molecule has 42 heavy (non-hydrogen) atoms. The molecule has 6 rings (SSSR count). The van der Waals surface area contributed by atoms with Crippen molar-refractivity contribution in [2.75, 3.05) is 12.8 Å². The monoisotopic (exact) mass is 588 g/mol. The van der Waals surface area contributed by atoms with E-state index in [1.54, 1.807) is 36.8 Å². The van der Waals surface area contributed by atoms with E-state index in [2.05, 4.69) is 40.2 Å². The second kappa shape index (κ2) is 11.0. The Morgan fingerprint density at radius 3 is 2.60 bits per heavy atom. The number of pyridine rings is 2. The first-order valence-corrected chi connectivity index (χ1v) is 15.0. The van der Waals surface area contributed by atoms with Gasteiger partial charge in [-0.3, -0.25) is 10.1 Å². The Hall–Kier alpha value is -4.59. The molecule has 2 aromatic carbocycles. The number of halogens is 2. The van der Waals surface area contributed by atoms with Crippen LogP contribution in [0.25, 0.3) is 55.8 Å². The number of hydrogen-bond acceptors (Lipinski definition) is 7. The minimum absolute atomic E-state index is 0.0578. The molecule has 4 aromatic heterocycles. The highest BCUT2D eigenvalue weighted by Gasteiger charge is 2.19. The summed E-state index contributed by atoms with van der Waals surface area (Å²) >= 11 is 0. The molecule has 0 saturated carbocycles. The van der Waals surface area contributed by atoms with Gasteiger partial charge in [-0.1, -0.05) is 6.92 Å². The molecule has 0 aliphatic rings. The van der Waals surface area contributed by atoms with Crippen molar-refractivity contribution in [3.63, 3.8) is 0 Å². The Labute approximate surface area is 239 Å². The maximum atomic E-state index is 15.2. The summed E-state index contributed by atoms with van der Waals surface area (Å²) in [6.45, 7) is 3.37. The Kier molecular flexibility index (Phi) is 7.22. The highest BCUT2D eigenvalue weighted by molar-refractivity contribution is 7.88. The van der Waals surface area contributed by atoms with Crippen LogP contribution in [0.15, 0.2) is 61.1 Å². The summed E-state index contributed by atoms with van der Waals surface area (Å²) < 4.78 is 55.2. The number of H-pyrrole nitrogens is 2. The van der Waals surface area contributed by atoms with Crippen LogP contribution in [0.4, 0.5) is 8.78 Å². The Bertz CT molecular complexity index is 2060. The Morgan fingerprint density at radius 2 is 1.79 bits per heavy atom. The maximum absolute atomic E-state index is 15.2. The Morgan fingerprint density at radius 1 is 0.952 bits per heavy atom. The fourth-order valence-electron chi connectivity index (χ4n) is 4.83. The van der Waals surface area contributed by atoms with E-state index in [-0.39, 0.29) is 6.54 Å². The van der Waals surface area contributed by atoms with Crippen molar-refractivity contribution in [3.05, 3.63) is 83.8 Å². The Balaban J connectivity index is 1.41. The smallest absolute Gasteiger partial charge is 0.209 e. The quantitative estimate of drug-likeness (QED) is 0.192. The van der Waals surface area contributed by atoms with E-state index in [9.17, 15) is 12.8 Å². The van der Waals surface area contributed by atoms with Crippen LogP contribution >= 0.6 is 0 Å². The zero-order valence-electron chi connectivity index (χ0n) is 22.7. The molecule has 0 radical (unpaired) electrons. The third-order valence-electron chi connectivity index (χ3n) is 6.76. The molecule has 0 spiro atoms. The minimum Gasteiger partial charge on any atom is -0.335 e. The first-order valence-electron chi connectivity index (χ1n) is 13.1. The van der Waals surface area contributed by atoms with Crippen LogP contribution in [-0.4, -0.2) is 51.4 Å². The topological polar surface area (TPSA) is 141 Å². The number of sulfonamides is 1. The molecule has 4 heterocycles. The van der Waals surface area contributed by atoms with Gasteiger partial charge in [0, 0.05) is 59.8 Å². The summed E-state index contributed by atoms with van der Waals surface area (Å²) in [5.41, 5.74) is 5.41. The number of hydrogen-bond donors (Lipinski definition) is 4. The third-order valence-corrected chi connectivity index (χ3v) is 7.43. The van der Waals surface area contributed by atoms with E-state index in [0.29, 0.717) is 67.9 Å². The van der Waals surface area contributed by atoms with E-state index in [1.807, 2.05) is 13.0 Å². The molecule has 0 amide bonds. The van der Waals surface area contributed by atoms with Gasteiger partial charge in [-0.25, -0.2) is 31.9 Å². The number of aromatic amines is 2. The van der Waals surface area contributed by atoms with Gasteiger partial charge in [0.15, 0.2) is 11.5 Å². The molecule has 4 N–H and O–H groups in total. The highest BCUT2D eigenvalue weighted by Crippen LogP contribution is 2.34. The van der Waals surface area contributed by atoms with Gasteiger partial charge in [0.2, 0.25) is 10.0 Å². The largest absolute Gasteiger partial charge is 0.335 e. The first-order chi connectivity index (χ1) is 20.2. The minimum atomic E-state index is -3.46. The zero-order valence-corrected chi connectivity index (χ0v) is 23.5. The molecule has 13 heteroatoms. The molecule has 0 saturated heterocycles. The van der Waals surface area contributed by atoms with Crippen molar-refractivity contribution in [2.45, 2.75) is 20.0 Å². The number of rotatable bonds is 9. The molecule has 214 valence electrons. The van der Waals surface area contributed by atoms with E-state index in [4.69, 9.17) is 0 Å². The summed E-state index contributed by atoms with van der Waals surface area (Å²) in [6.07, 6.45) is 5.97. The van der Waals surface area contributed by atoms with Crippen molar-refractivity contribution < 1.29 is 17.2 Å². The highest BCUT2D eigenvalue weighted by atomic mass is 32.2. The van der Waals surface area contributed by atoms with Gasteiger partial charge in [-0.15, -0.1) is 0 Å². The molecule has 0 aliphatic heterocycles. The van der Waals surface area contributed by atoms with Crippen molar-refractivity contribution in [1.29, 1.82) is 0 Å². The summed E-state index contributed by atoms with van der Waals surface area (Å²) in [7, 11) is -3.46. The number of benzene rings is 2. The van der Waals surface area contributed by atoms with Gasteiger partial charge < -0.3 is 10.3 Å². The van der Waals surface area contributed by atoms with Crippen molar-refractivity contribution >= 4 is 32.1 Å². The van der Waals surface area contributed by atoms with Gasteiger partial charge in [-0.05, 0) is 59.6 Å². The number of nitrogens with one attached hydrogen (secondary N) is 4. The molecule has 0 atom stereocenters. The second-order valence-corrected chi connectivity index (χ2v) is 11.7. The van der Waals surface area contributed by atoms with E-state index >= 15 is 4.39 Å². The van der Waals surface area contributed by atoms with Gasteiger partial charge >= 0.3 is 0 Å². The molecule has 0 aliphatic carbocycles. The average Bonchev–Trinajstić information content (AvgIpc) is 3.57. The SMILES string of the molecule is CCNCc1cncc(-c2cc3c(-c4nc5nccc(-c6cc(F)cc(CNS(C)(=O)=O)c6)c5[nH]4)n[nH]c3cc2F)c1. The number of fused-ring (bicyclic) bond motifs is 2. The number of nitrogens with zero attached hydrogens (tertiary/aromatic N) is 4. The van der Waals surface area contributed by atoms with Gasteiger partial charge in [0.25, 0.3) is 0 Å². The lowest BCUT2D eigenvalue weighted by atomic mass is 10.0.